The molecule has 0 saturated carbocycles. The fourth-order valence-electron chi connectivity index (χ4n) is 5.48. The third kappa shape index (κ3) is 4.27. The number of pyridine rings is 2. The van der Waals surface area contributed by atoms with E-state index in [2.05, 4.69) is 28.7 Å². The molecule has 1 aliphatic heterocycles. The number of anilines is 2. The van der Waals surface area contributed by atoms with Gasteiger partial charge in [0.2, 0.25) is 5.91 Å². The monoisotopic (exact) mass is 503 g/mol. The lowest BCUT2D eigenvalue weighted by atomic mass is 9.90. The number of nitrogens with one attached hydrogen (secondary N) is 1. The average Bonchev–Trinajstić information content (AvgIpc) is 3.33. The van der Waals surface area contributed by atoms with Gasteiger partial charge in [-0.2, -0.15) is 0 Å². The summed E-state index contributed by atoms with van der Waals surface area (Å²) in [6.45, 7) is 8.77. The molecule has 3 aromatic rings. The van der Waals surface area contributed by atoms with Gasteiger partial charge in [-0.25, -0.2) is 4.98 Å². The molecule has 2 N–H and O–H groups in total. The van der Waals surface area contributed by atoms with Crippen LogP contribution in [0.15, 0.2) is 35.4 Å². The van der Waals surface area contributed by atoms with Gasteiger partial charge in [-0.1, -0.05) is 27.7 Å². The number of fused-ring (bicyclic) bond motifs is 3. The molecule has 2 amide bonds. The Morgan fingerprint density at radius 1 is 1.19 bits per heavy atom. The van der Waals surface area contributed by atoms with Crippen molar-refractivity contribution < 1.29 is 14.7 Å². The Bertz CT molecular complexity index is 1480. The summed E-state index contributed by atoms with van der Waals surface area (Å²) in [5, 5.41) is 13.1. The van der Waals surface area contributed by atoms with Crippen molar-refractivity contribution in [2.24, 2.45) is 18.4 Å². The Hall–Kier alpha value is -3.72. The van der Waals surface area contributed by atoms with Crippen LogP contribution in [0.2, 0.25) is 0 Å². The first-order valence-corrected chi connectivity index (χ1v) is 12.6. The molecule has 0 bridgehead atoms. The molecular formula is C28H33N5O4. The summed E-state index contributed by atoms with van der Waals surface area (Å²) >= 11 is 0. The molecule has 0 aromatic carbocycles. The van der Waals surface area contributed by atoms with E-state index in [9.17, 15) is 19.5 Å². The number of amides is 2. The summed E-state index contributed by atoms with van der Waals surface area (Å²) in [6, 6.07) is 5.37. The number of aryl methyl sites for hydroxylation is 1. The van der Waals surface area contributed by atoms with E-state index < -0.39 is 0 Å². The summed E-state index contributed by atoms with van der Waals surface area (Å²) < 4.78 is 3.54. The summed E-state index contributed by atoms with van der Waals surface area (Å²) in [5.74, 6) is -0.280. The standard InChI is InChI=1S/C28H33N5O4/c1-16(2)25(35)30-21-10-18(14-31(5)26(21)36)19-6-7-29-24(20(19)15-34)33-9-8-32-22(27(33)37)11-17-12-28(3,4)13-23(17)32/h6-7,10-11,14,16,34H,8-9,12-13,15H2,1-5H3,(H,30,35). The highest BCUT2D eigenvalue weighted by Crippen LogP contribution is 2.40. The average molecular weight is 504 g/mol. The quantitative estimate of drug-likeness (QED) is 0.556. The second-order valence-corrected chi connectivity index (χ2v) is 11.1. The predicted molar refractivity (Wildman–Crippen MR) is 142 cm³/mol. The zero-order valence-electron chi connectivity index (χ0n) is 22.0. The fourth-order valence-corrected chi connectivity index (χ4v) is 5.48. The van der Waals surface area contributed by atoms with Crippen LogP contribution in [0.25, 0.3) is 11.1 Å². The summed E-state index contributed by atoms with van der Waals surface area (Å²) in [7, 11) is 1.61. The zero-order chi connectivity index (χ0) is 26.6. The molecular weight excluding hydrogens is 470 g/mol. The summed E-state index contributed by atoms with van der Waals surface area (Å²) in [6.07, 6.45) is 5.16. The van der Waals surface area contributed by atoms with Crippen molar-refractivity contribution in [3.05, 3.63) is 63.5 Å². The lowest BCUT2D eigenvalue weighted by Gasteiger charge is -2.31. The molecule has 5 rings (SSSR count). The molecule has 2 aliphatic rings. The number of aliphatic hydroxyl groups excluding tert-OH is 1. The van der Waals surface area contributed by atoms with Gasteiger partial charge in [0.25, 0.3) is 11.5 Å². The van der Waals surface area contributed by atoms with E-state index in [0.717, 1.165) is 12.8 Å². The molecule has 0 saturated heterocycles. The van der Waals surface area contributed by atoms with Crippen LogP contribution < -0.4 is 15.8 Å². The number of rotatable bonds is 5. The number of hydrogen-bond donors (Lipinski definition) is 2. The Balaban J connectivity index is 1.54. The fraction of sp³-hybridized carbons (Fsp3) is 0.429. The van der Waals surface area contributed by atoms with Crippen LogP contribution in [0.5, 0.6) is 0 Å². The van der Waals surface area contributed by atoms with Crippen LogP contribution in [-0.4, -0.2) is 37.6 Å². The maximum atomic E-state index is 13.6. The molecule has 194 valence electrons. The van der Waals surface area contributed by atoms with Crippen LogP contribution in [0.3, 0.4) is 0 Å². The number of aliphatic hydroxyl groups is 1. The topological polar surface area (TPSA) is 109 Å². The first kappa shape index (κ1) is 25.0. The lowest BCUT2D eigenvalue weighted by Crippen LogP contribution is -2.41. The van der Waals surface area contributed by atoms with E-state index in [1.807, 2.05) is 6.07 Å². The van der Waals surface area contributed by atoms with Crippen molar-refractivity contribution in [1.29, 1.82) is 0 Å². The summed E-state index contributed by atoms with van der Waals surface area (Å²) in [4.78, 5) is 44.7. The van der Waals surface area contributed by atoms with Gasteiger partial charge in [-0.15, -0.1) is 0 Å². The lowest BCUT2D eigenvalue weighted by molar-refractivity contribution is -0.118. The number of hydrogen-bond acceptors (Lipinski definition) is 5. The zero-order valence-corrected chi connectivity index (χ0v) is 22.0. The van der Waals surface area contributed by atoms with Crippen molar-refractivity contribution in [3.8, 4) is 11.1 Å². The van der Waals surface area contributed by atoms with Crippen molar-refractivity contribution >= 4 is 23.3 Å². The minimum absolute atomic E-state index is 0.136. The molecule has 4 heterocycles. The smallest absolute Gasteiger partial charge is 0.276 e. The molecule has 1 aliphatic carbocycles. The Morgan fingerprint density at radius 2 is 1.95 bits per heavy atom. The SMILES string of the molecule is CC(C)C(=O)Nc1cc(-c2ccnc(N3CCn4c(cc5c4CC(C)(C)C5)C3=O)c2CO)cn(C)c1=O. The Labute approximate surface area is 215 Å². The van der Waals surface area contributed by atoms with E-state index in [-0.39, 0.29) is 41.0 Å². The third-order valence-electron chi connectivity index (χ3n) is 7.35. The van der Waals surface area contributed by atoms with Crippen LogP contribution in [-0.2, 0) is 37.8 Å². The van der Waals surface area contributed by atoms with Gasteiger partial charge in [-0.05, 0) is 47.6 Å². The maximum absolute atomic E-state index is 13.6. The first-order chi connectivity index (χ1) is 17.5. The number of carbonyl (C=O) groups excluding carboxylic acids is 2. The number of carbonyl (C=O) groups is 2. The van der Waals surface area contributed by atoms with Crippen LogP contribution >= 0.6 is 0 Å². The first-order valence-electron chi connectivity index (χ1n) is 12.6. The normalized spacial score (nSPS) is 16.2. The van der Waals surface area contributed by atoms with Gasteiger partial charge in [0.1, 0.15) is 17.2 Å². The van der Waals surface area contributed by atoms with E-state index in [1.165, 1.54) is 15.8 Å². The van der Waals surface area contributed by atoms with Crippen LogP contribution in [0, 0.1) is 11.3 Å². The highest BCUT2D eigenvalue weighted by atomic mass is 16.3. The minimum atomic E-state index is -0.343. The third-order valence-corrected chi connectivity index (χ3v) is 7.35. The molecule has 0 spiro atoms. The Kier molecular flexibility index (Phi) is 6.06. The van der Waals surface area contributed by atoms with E-state index >= 15 is 0 Å². The highest BCUT2D eigenvalue weighted by molar-refractivity contribution is 6.06. The minimum Gasteiger partial charge on any atom is -0.392 e. The van der Waals surface area contributed by atoms with E-state index in [0.29, 0.717) is 41.3 Å². The molecule has 0 atom stereocenters. The number of nitrogens with zero attached hydrogens (tertiary/aromatic N) is 4. The van der Waals surface area contributed by atoms with Gasteiger partial charge in [0, 0.05) is 55.3 Å². The van der Waals surface area contributed by atoms with Crippen molar-refractivity contribution in [3.63, 3.8) is 0 Å². The second-order valence-electron chi connectivity index (χ2n) is 11.1. The molecule has 3 aromatic heterocycles. The molecule has 0 unspecified atom stereocenters. The van der Waals surface area contributed by atoms with Gasteiger partial charge in [-0.3, -0.25) is 19.3 Å². The summed E-state index contributed by atoms with van der Waals surface area (Å²) in [5.41, 5.74) is 4.93. The highest BCUT2D eigenvalue weighted by Gasteiger charge is 2.37. The van der Waals surface area contributed by atoms with Gasteiger partial charge in [0.15, 0.2) is 0 Å². The van der Waals surface area contributed by atoms with Crippen molar-refractivity contribution in [2.45, 2.75) is 53.7 Å². The van der Waals surface area contributed by atoms with Gasteiger partial charge >= 0.3 is 0 Å². The molecule has 9 nitrogen and oxygen atoms in total. The molecule has 0 fully saturated rings. The van der Waals surface area contributed by atoms with Crippen LogP contribution in [0.1, 0.15) is 55.0 Å². The second kappa shape index (κ2) is 8.99. The van der Waals surface area contributed by atoms with Gasteiger partial charge < -0.3 is 19.6 Å². The largest absolute Gasteiger partial charge is 0.392 e. The van der Waals surface area contributed by atoms with E-state index in [1.54, 1.807) is 50.3 Å². The maximum Gasteiger partial charge on any atom is 0.276 e. The van der Waals surface area contributed by atoms with Crippen molar-refractivity contribution in [1.82, 2.24) is 14.1 Å². The molecule has 9 heteroatoms. The molecule has 0 radical (unpaired) electrons. The predicted octanol–water partition coefficient (Wildman–Crippen LogP) is 3.12. The van der Waals surface area contributed by atoms with Crippen molar-refractivity contribution in [2.75, 3.05) is 16.8 Å². The van der Waals surface area contributed by atoms with Gasteiger partial charge in [0.05, 0.1) is 6.61 Å². The number of aromatic nitrogens is 3. The Morgan fingerprint density at radius 3 is 2.65 bits per heavy atom. The molecule has 37 heavy (non-hydrogen) atoms. The van der Waals surface area contributed by atoms with Crippen LogP contribution in [0.4, 0.5) is 11.5 Å². The van der Waals surface area contributed by atoms with E-state index in [4.69, 9.17) is 0 Å².